The van der Waals surface area contributed by atoms with Gasteiger partial charge < -0.3 is 10.6 Å². The molecule has 1 aromatic carbocycles. The van der Waals surface area contributed by atoms with Gasteiger partial charge in [0.05, 0.1) is 22.5 Å². The average Bonchev–Trinajstić information content (AvgIpc) is 2.70. The molecule has 6 nitrogen and oxygen atoms in total. The van der Waals surface area contributed by atoms with Gasteiger partial charge in [0.1, 0.15) is 6.04 Å². The highest BCUT2D eigenvalue weighted by Gasteiger charge is 2.31. The summed E-state index contributed by atoms with van der Waals surface area (Å²) in [5.74, 6) is -0.853. The van der Waals surface area contributed by atoms with Crippen LogP contribution in [0.2, 0.25) is 10.0 Å². The molecule has 0 unspecified atom stereocenters. The highest BCUT2D eigenvalue weighted by Crippen LogP contribution is 2.25. The Morgan fingerprint density at radius 2 is 2.05 bits per heavy atom. The fourth-order valence-corrected chi connectivity index (χ4v) is 2.26. The first-order valence-corrected chi connectivity index (χ1v) is 6.98. The molecule has 3 N–H and O–H groups in total. The third-order valence-corrected chi connectivity index (χ3v) is 3.81. The van der Waals surface area contributed by atoms with Crippen LogP contribution in [0.25, 0.3) is 0 Å². The first-order valence-electron chi connectivity index (χ1n) is 6.22. The van der Waals surface area contributed by atoms with Gasteiger partial charge in [0.2, 0.25) is 5.91 Å². The molecule has 1 fully saturated rings. The van der Waals surface area contributed by atoms with Crippen molar-refractivity contribution < 1.29 is 14.4 Å². The molecule has 1 aliphatic rings. The van der Waals surface area contributed by atoms with Gasteiger partial charge >= 0.3 is 6.03 Å². The number of urea groups is 1. The molecule has 2 atom stereocenters. The molecule has 21 heavy (non-hydrogen) atoms. The lowest BCUT2D eigenvalue weighted by Crippen LogP contribution is -2.37. The summed E-state index contributed by atoms with van der Waals surface area (Å²) in [5, 5.41) is 8.00. The standard InChI is InChI=1S/C13H13Cl2N3O3/c1-6(7-2-3-8(14)9(15)4-7)16-11(19)5-10-12(20)18-13(21)17-10/h2-4,6,10H,5H2,1H3,(H,16,19)(H2,17,18,20,21)/t6-,10+/m1/s1. The lowest BCUT2D eigenvalue weighted by atomic mass is 10.1. The van der Waals surface area contributed by atoms with Crippen molar-refractivity contribution in [3.63, 3.8) is 0 Å². The highest BCUT2D eigenvalue weighted by atomic mass is 35.5. The van der Waals surface area contributed by atoms with Crippen molar-refractivity contribution in [3.05, 3.63) is 33.8 Å². The molecule has 0 saturated carbocycles. The second-order valence-electron chi connectivity index (χ2n) is 4.68. The van der Waals surface area contributed by atoms with Gasteiger partial charge in [-0.05, 0) is 24.6 Å². The number of rotatable bonds is 4. The largest absolute Gasteiger partial charge is 0.350 e. The Balaban J connectivity index is 1.94. The van der Waals surface area contributed by atoms with E-state index in [0.717, 1.165) is 5.56 Å². The number of halogens is 2. The van der Waals surface area contributed by atoms with E-state index in [1.165, 1.54) is 0 Å². The summed E-state index contributed by atoms with van der Waals surface area (Å²) in [5.41, 5.74) is 0.789. The van der Waals surface area contributed by atoms with Crippen molar-refractivity contribution in [2.45, 2.75) is 25.4 Å². The molecule has 0 aromatic heterocycles. The molecule has 2 rings (SSSR count). The van der Waals surface area contributed by atoms with E-state index in [4.69, 9.17) is 23.2 Å². The van der Waals surface area contributed by atoms with Gasteiger partial charge in [-0.1, -0.05) is 29.3 Å². The van der Waals surface area contributed by atoms with Gasteiger partial charge in [0, 0.05) is 0 Å². The second kappa shape index (κ2) is 6.32. The maximum atomic E-state index is 11.9. The number of nitrogens with one attached hydrogen (secondary N) is 3. The fraction of sp³-hybridized carbons (Fsp3) is 0.308. The minimum atomic E-state index is -0.835. The molecule has 1 saturated heterocycles. The maximum absolute atomic E-state index is 11.9. The van der Waals surface area contributed by atoms with Crippen LogP contribution in [0.3, 0.4) is 0 Å². The van der Waals surface area contributed by atoms with E-state index >= 15 is 0 Å². The SMILES string of the molecule is C[C@@H](NC(=O)C[C@@H]1NC(=O)NC1=O)c1ccc(Cl)c(Cl)c1. The molecular formula is C13H13Cl2N3O3. The van der Waals surface area contributed by atoms with E-state index in [2.05, 4.69) is 16.0 Å². The van der Waals surface area contributed by atoms with Crippen LogP contribution >= 0.6 is 23.2 Å². The van der Waals surface area contributed by atoms with Gasteiger partial charge in [0.15, 0.2) is 0 Å². The van der Waals surface area contributed by atoms with Crippen LogP contribution < -0.4 is 16.0 Å². The van der Waals surface area contributed by atoms with Gasteiger partial charge in [-0.2, -0.15) is 0 Å². The molecule has 0 radical (unpaired) electrons. The van der Waals surface area contributed by atoms with Crippen molar-refractivity contribution in [2.75, 3.05) is 0 Å². The number of hydrogen-bond donors (Lipinski definition) is 3. The molecule has 1 aliphatic heterocycles. The average molecular weight is 330 g/mol. The molecule has 0 spiro atoms. The van der Waals surface area contributed by atoms with E-state index in [-0.39, 0.29) is 18.4 Å². The predicted molar refractivity (Wildman–Crippen MR) is 78.1 cm³/mol. The zero-order valence-electron chi connectivity index (χ0n) is 11.1. The summed E-state index contributed by atoms with van der Waals surface area (Å²) in [6.45, 7) is 1.78. The summed E-state index contributed by atoms with van der Waals surface area (Å²) in [7, 11) is 0. The van der Waals surface area contributed by atoms with E-state index in [1.807, 2.05) is 0 Å². The summed E-state index contributed by atoms with van der Waals surface area (Å²) in [4.78, 5) is 34.2. The van der Waals surface area contributed by atoms with Crippen molar-refractivity contribution in [1.82, 2.24) is 16.0 Å². The topological polar surface area (TPSA) is 87.3 Å². The van der Waals surface area contributed by atoms with E-state index in [9.17, 15) is 14.4 Å². The Labute approximate surface area is 131 Å². The normalized spacial score (nSPS) is 18.9. The third-order valence-electron chi connectivity index (χ3n) is 3.07. The van der Waals surface area contributed by atoms with Gasteiger partial charge in [-0.25, -0.2) is 4.79 Å². The van der Waals surface area contributed by atoms with Crippen molar-refractivity contribution in [2.24, 2.45) is 0 Å². The zero-order chi connectivity index (χ0) is 15.6. The van der Waals surface area contributed by atoms with Gasteiger partial charge in [-0.3, -0.25) is 14.9 Å². The molecule has 1 heterocycles. The first kappa shape index (κ1) is 15.6. The zero-order valence-corrected chi connectivity index (χ0v) is 12.6. The molecule has 0 aliphatic carbocycles. The van der Waals surface area contributed by atoms with Crippen LogP contribution in [0, 0.1) is 0 Å². The van der Waals surface area contributed by atoms with Crippen LogP contribution in [0.15, 0.2) is 18.2 Å². The molecule has 112 valence electrons. The number of carbonyl (C=O) groups excluding carboxylic acids is 3. The number of carbonyl (C=O) groups is 3. The second-order valence-corrected chi connectivity index (χ2v) is 5.50. The molecular weight excluding hydrogens is 317 g/mol. The number of amides is 4. The van der Waals surface area contributed by atoms with E-state index in [1.54, 1.807) is 25.1 Å². The Morgan fingerprint density at radius 1 is 1.33 bits per heavy atom. The fourth-order valence-electron chi connectivity index (χ4n) is 1.95. The number of benzene rings is 1. The van der Waals surface area contributed by atoms with Crippen molar-refractivity contribution >= 4 is 41.0 Å². The predicted octanol–water partition coefficient (Wildman–Crippen LogP) is 1.77. The smallest absolute Gasteiger partial charge is 0.322 e. The summed E-state index contributed by atoms with van der Waals surface area (Å²) in [6.07, 6.45) is -0.122. The Hall–Kier alpha value is -1.79. The van der Waals surface area contributed by atoms with Gasteiger partial charge in [-0.15, -0.1) is 0 Å². The minimum Gasteiger partial charge on any atom is -0.350 e. The lowest BCUT2D eigenvalue weighted by molar-refractivity contribution is -0.126. The third kappa shape index (κ3) is 3.86. The summed E-state index contributed by atoms with van der Waals surface area (Å²) in [6, 6.07) is 3.34. The lowest BCUT2D eigenvalue weighted by Gasteiger charge is -2.16. The molecule has 8 heteroatoms. The van der Waals surface area contributed by atoms with Crippen molar-refractivity contribution in [1.29, 1.82) is 0 Å². The summed E-state index contributed by atoms with van der Waals surface area (Å²) < 4.78 is 0. The molecule has 1 aromatic rings. The van der Waals surface area contributed by atoms with Gasteiger partial charge in [0.25, 0.3) is 5.91 Å². The van der Waals surface area contributed by atoms with E-state index in [0.29, 0.717) is 10.0 Å². The molecule has 0 bridgehead atoms. The number of imide groups is 1. The quantitative estimate of drug-likeness (QED) is 0.735. The first-order chi connectivity index (χ1) is 9.86. The summed E-state index contributed by atoms with van der Waals surface area (Å²) >= 11 is 11.8. The van der Waals surface area contributed by atoms with E-state index < -0.39 is 18.0 Å². The van der Waals surface area contributed by atoms with Crippen molar-refractivity contribution in [3.8, 4) is 0 Å². The van der Waals surface area contributed by atoms with Crippen LogP contribution in [0.1, 0.15) is 24.9 Å². The Bertz CT molecular complexity index is 606. The van der Waals surface area contributed by atoms with Crippen LogP contribution in [0.4, 0.5) is 4.79 Å². The maximum Gasteiger partial charge on any atom is 0.322 e. The highest BCUT2D eigenvalue weighted by molar-refractivity contribution is 6.42. The monoisotopic (exact) mass is 329 g/mol. The van der Waals surface area contributed by atoms with Crippen LogP contribution in [0.5, 0.6) is 0 Å². The number of hydrogen-bond acceptors (Lipinski definition) is 3. The molecule has 4 amide bonds. The Kier molecular flexibility index (Phi) is 4.69. The van der Waals surface area contributed by atoms with Crippen LogP contribution in [-0.4, -0.2) is 23.9 Å². The Morgan fingerprint density at radius 3 is 2.62 bits per heavy atom. The van der Waals surface area contributed by atoms with Crippen LogP contribution in [-0.2, 0) is 9.59 Å². The minimum absolute atomic E-state index is 0.122.